The Kier molecular flexibility index (Phi) is 3.85. The van der Waals surface area contributed by atoms with Crippen LogP contribution in [0.2, 0.25) is 0 Å². The van der Waals surface area contributed by atoms with Crippen molar-refractivity contribution in [2.75, 3.05) is 18.6 Å². The molecule has 1 aliphatic rings. The molecular formula is C14H17NO4. The molecule has 19 heavy (non-hydrogen) atoms. The van der Waals surface area contributed by atoms with Crippen molar-refractivity contribution in [3.8, 4) is 0 Å². The summed E-state index contributed by atoms with van der Waals surface area (Å²) < 4.78 is 4.68. The van der Waals surface area contributed by atoms with E-state index in [2.05, 4.69) is 4.74 Å². The number of methoxy groups -OCH3 is 1. The maximum atomic E-state index is 12.0. The SMILES string of the molecule is COC(=O)C1CC(=O)N(c2ccccc2C(C)O)C1. The van der Waals surface area contributed by atoms with Gasteiger partial charge in [0, 0.05) is 24.2 Å². The summed E-state index contributed by atoms with van der Waals surface area (Å²) in [5.41, 5.74) is 1.34. The first-order valence-electron chi connectivity index (χ1n) is 6.19. The molecule has 0 bridgehead atoms. The van der Waals surface area contributed by atoms with Crippen LogP contribution in [-0.4, -0.2) is 30.6 Å². The second-order valence-electron chi connectivity index (χ2n) is 4.66. The Morgan fingerprint density at radius 1 is 1.47 bits per heavy atom. The molecule has 1 heterocycles. The maximum absolute atomic E-state index is 12.0. The van der Waals surface area contributed by atoms with Crippen molar-refractivity contribution in [3.05, 3.63) is 29.8 Å². The fraction of sp³-hybridized carbons (Fsp3) is 0.429. The van der Waals surface area contributed by atoms with Crippen molar-refractivity contribution in [2.24, 2.45) is 5.92 Å². The van der Waals surface area contributed by atoms with Gasteiger partial charge in [-0.2, -0.15) is 0 Å². The predicted octanol–water partition coefficient (Wildman–Crippen LogP) is 1.27. The molecule has 1 fully saturated rings. The molecule has 2 rings (SSSR count). The van der Waals surface area contributed by atoms with Gasteiger partial charge in [0.1, 0.15) is 0 Å². The Hall–Kier alpha value is -1.88. The van der Waals surface area contributed by atoms with E-state index in [1.54, 1.807) is 30.0 Å². The standard InChI is InChI=1S/C14H17NO4/c1-9(16)11-5-3-4-6-12(11)15-8-10(7-13(15)17)14(18)19-2/h3-6,9-10,16H,7-8H2,1-2H3. The van der Waals surface area contributed by atoms with Gasteiger partial charge >= 0.3 is 5.97 Å². The number of aliphatic hydroxyl groups is 1. The molecule has 0 radical (unpaired) electrons. The van der Waals surface area contributed by atoms with Gasteiger partial charge < -0.3 is 14.7 Å². The van der Waals surface area contributed by atoms with Crippen LogP contribution < -0.4 is 4.90 Å². The highest BCUT2D eigenvalue weighted by Crippen LogP contribution is 2.31. The van der Waals surface area contributed by atoms with E-state index in [-0.39, 0.29) is 18.3 Å². The van der Waals surface area contributed by atoms with Crippen LogP contribution in [0.1, 0.15) is 25.0 Å². The minimum Gasteiger partial charge on any atom is -0.469 e. The van der Waals surface area contributed by atoms with Gasteiger partial charge in [0.05, 0.1) is 19.1 Å². The van der Waals surface area contributed by atoms with Crippen molar-refractivity contribution in [1.82, 2.24) is 0 Å². The number of hydrogen-bond donors (Lipinski definition) is 1. The molecule has 1 N–H and O–H groups in total. The third kappa shape index (κ3) is 2.61. The number of hydrogen-bond acceptors (Lipinski definition) is 4. The first-order chi connectivity index (χ1) is 9.04. The number of carbonyl (C=O) groups is 2. The number of rotatable bonds is 3. The molecule has 1 saturated heterocycles. The summed E-state index contributed by atoms with van der Waals surface area (Å²) in [5.74, 6) is -0.923. The summed E-state index contributed by atoms with van der Waals surface area (Å²) in [4.78, 5) is 25.1. The molecule has 102 valence electrons. The van der Waals surface area contributed by atoms with Gasteiger partial charge in [-0.1, -0.05) is 18.2 Å². The van der Waals surface area contributed by atoms with E-state index < -0.39 is 12.0 Å². The second-order valence-corrected chi connectivity index (χ2v) is 4.66. The number of ether oxygens (including phenoxy) is 1. The zero-order valence-electron chi connectivity index (χ0n) is 11.0. The Morgan fingerprint density at radius 3 is 2.79 bits per heavy atom. The maximum Gasteiger partial charge on any atom is 0.311 e. The van der Waals surface area contributed by atoms with Gasteiger partial charge in [-0.15, -0.1) is 0 Å². The summed E-state index contributed by atoms with van der Waals surface area (Å²) in [5, 5.41) is 9.74. The zero-order valence-corrected chi connectivity index (χ0v) is 11.0. The van der Waals surface area contributed by atoms with E-state index in [0.717, 1.165) is 0 Å². The first kappa shape index (κ1) is 13.5. The molecule has 2 unspecified atom stereocenters. The minimum atomic E-state index is -0.666. The Bertz CT molecular complexity index is 498. The van der Waals surface area contributed by atoms with Gasteiger partial charge in [0.25, 0.3) is 0 Å². The lowest BCUT2D eigenvalue weighted by Crippen LogP contribution is -2.27. The van der Waals surface area contributed by atoms with Gasteiger partial charge in [-0.05, 0) is 13.0 Å². The van der Waals surface area contributed by atoms with Crippen LogP contribution >= 0.6 is 0 Å². The molecule has 0 aromatic heterocycles. The topological polar surface area (TPSA) is 66.8 Å². The molecule has 5 nitrogen and oxygen atoms in total. The lowest BCUT2D eigenvalue weighted by molar-refractivity contribution is -0.145. The lowest BCUT2D eigenvalue weighted by Gasteiger charge is -2.21. The minimum absolute atomic E-state index is 0.122. The number of aliphatic hydroxyl groups excluding tert-OH is 1. The van der Waals surface area contributed by atoms with Crippen LogP contribution in [-0.2, 0) is 14.3 Å². The Morgan fingerprint density at radius 2 is 2.16 bits per heavy atom. The summed E-state index contributed by atoms with van der Waals surface area (Å²) in [6.45, 7) is 1.95. The zero-order chi connectivity index (χ0) is 14.0. The normalized spacial score (nSPS) is 20.5. The number of benzene rings is 1. The number of anilines is 1. The molecule has 2 atom stereocenters. The van der Waals surface area contributed by atoms with Crippen molar-refractivity contribution in [3.63, 3.8) is 0 Å². The molecule has 0 aliphatic carbocycles. The number of esters is 1. The van der Waals surface area contributed by atoms with Crippen molar-refractivity contribution >= 4 is 17.6 Å². The monoisotopic (exact) mass is 263 g/mol. The van der Waals surface area contributed by atoms with E-state index in [9.17, 15) is 14.7 Å². The summed E-state index contributed by atoms with van der Waals surface area (Å²) in [7, 11) is 1.32. The third-order valence-corrected chi connectivity index (χ3v) is 3.34. The lowest BCUT2D eigenvalue weighted by atomic mass is 10.1. The van der Waals surface area contributed by atoms with Gasteiger partial charge in [-0.25, -0.2) is 0 Å². The molecule has 5 heteroatoms. The highest BCUT2D eigenvalue weighted by molar-refractivity contribution is 6.00. The van der Waals surface area contributed by atoms with Crippen LogP contribution in [0.15, 0.2) is 24.3 Å². The van der Waals surface area contributed by atoms with Crippen LogP contribution in [0.5, 0.6) is 0 Å². The van der Waals surface area contributed by atoms with Crippen LogP contribution in [0.3, 0.4) is 0 Å². The van der Waals surface area contributed by atoms with Crippen molar-refractivity contribution in [1.29, 1.82) is 0 Å². The van der Waals surface area contributed by atoms with Gasteiger partial charge in [0.15, 0.2) is 0 Å². The van der Waals surface area contributed by atoms with E-state index in [0.29, 0.717) is 17.8 Å². The highest BCUT2D eigenvalue weighted by atomic mass is 16.5. The molecule has 0 spiro atoms. The molecule has 0 saturated carbocycles. The predicted molar refractivity (Wildman–Crippen MR) is 69.6 cm³/mol. The fourth-order valence-electron chi connectivity index (χ4n) is 2.35. The van der Waals surface area contributed by atoms with Gasteiger partial charge in [-0.3, -0.25) is 9.59 Å². The highest BCUT2D eigenvalue weighted by Gasteiger charge is 2.36. The average Bonchev–Trinajstić information content (AvgIpc) is 2.79. The van der Waals surface area contributed by atoms with Crippen LogP contribution in [0.4, 0.5) is 5.69 Å². The summed E-state index contributed by atoms with van der Waals surface area (Å²) in [6.07, 6.45) is -0.512. The Labute approximate surface area is 111 Å². The van der Waals surface area contributed by atoms with E-state index in [1.807, 2.05) is 6.07 Å². The molecule has 1 aliphatic heterocycles. The largest absolute Gasteiger partial charge is 0.469 e. The first-order valence-corrected chi connectivity index (χ1v) is 6.19. The smallest absolute Gasteiger partial charge is 0.311 e. The third-order valence-electron chi connectivity index (χ3n) is 3.34. The van der Waals surface area contributed by atoms with E-state index in [4.69, 9.17) is 0 Å². The number of nitrogens with zero attached hydrogens (tertiary/aromatic N) is 1. The van der Waals surface area contributed by atoms with Crippen molar-refractivity contribution in [2.45, 2.75) is 19.4 Å². The van der Waals surface area contributed by atoms with Crippen LogP contribution in [0, 0.1) is 5.92 Å². The number of amides is 1. The molecule has 1 amide bonds. The summed E-state index contributed by atoms with van der Waals surface area (Å²) in [6, 6.07) is 7.17. The fourth-order valence-corrected chi connectivity index (χ4v) is 2.35. The second kappa shape index (κ2) is 5.40. The van der Waals surface area contributed by atoms with Crippen LogP contribution in [0.25, 0.3) is 0 Å². The van der Waals surface area contributed by atoms with Gasteiger partial charge in [0.2, 0.25) is 5.91 Å². The molecular weight excluding hydrogens is 246 g/mol. The van der Waals surface area contributed by atoms with E-state index in [1.165, 1.54) is 7.11 Å². The van der Waals surface area contributed by atoms with Crippen molar-refractivity contribution < 1.29 is 19.4 Å². The number of para-hydroxylation sites is 1. The number of carbonyl (C=O) groups excluding carboxylic acids is 2. The Balaban J connectivity index is 2.28. The molecule has 1 aromatic rings. The molecule has 1 aromatic carbocycles. The quantitative estimate of drug-likeness (QED) is 0.834. The van der Waals surface area contributed by atoms with E-state index >= 15 is 0 Å². The average molecular weight is 263 g/mol. The summed E-state index contributed by atoms with van der Waals surface area (Å²) >= 11 is 0.